The van der Waals surface area contributed by atoms with E-state index in [0.29, 0.717) is 5.95 Å². The second-order valence-electron chi connectivity index (χ2n) is 5.61. The molecule has 22 heavy (non-hydrogen) atoms. The molecule has 0 spiro atoms. The van der Waals surface area contributed by atoms with Crippen molar-refractivity contribution < 1.29 is 0 Å². The average Bonchev–Trinajstić information content (AvgIpc) is 3.15. The van der Waals surface area contributed by atoms with Crippen LogP contribution in [-0.4, -0.2) is 14.8 Å². The minimum absolute atomic E-state index is 0.173. The number of rotatable bonds is 2. The van der Waals surface area contributed by atoms with Gasteiger partial charge in [0.05, 0.1) is 12.1 Å². The van der Waals surface area contributed by atoms with Gasteiger partial charge < -0.3 is 11.1 Å². The molecule has 112 valence electrons. The first-order valence-corrected chi connectivity index (χ1v) is 8.17. The van der Waals surface area contributed by atoms with Gasteiger partial charge in [-0.05, 0) is 30.4 Å². The number of nitrogens with two attached hydrogens (primary N) is 1. The average molecular weight is 311 g/mol. The summed E-state index contributed by atoms with van der Waals surface area (Å²) in [4.78, 5) is 5.61. The van der Waals surface area contributed by atoms with Gasteiger partial charge in [0.25, 0.3) is 0 Å². The maximum atomic E-state index is 5.80. The third kappa shape index (κ3) is 2.25. The molecule has 5 nitrogen and oxygen atoms in total. The molecule has 2 aromatic heterocycles. The number of hydrogen-bond donors (Lipinski definition) is 2. The van der Waals surface area contributed by atoms with E-state index in [-0.39, 0.29) is 12.1 Å². The van der Waals surface area contributed by atoms with Crippen LogP contribution in [0.4, 0.5) is 11.9 Å². The van der Waals surface area contributed by atoms with E-state index in [4.69, 9.17) is 5.73 Å². The molecule has 0 bridgehead atoms. The fourth-order valence-electron chi connectivity index (χ4n) is 2.93. The van der Waals surface area contributed by atoms with Gasteiger partial charge in [-0.15, -0.1) is 16.4 Å². The summed E-state index contributed by atoms with van der Waals surface area (Å²) in [5.41, 5.74) is 8.33. The largest absolute Gasteiger partial charge is 0.366 e. The van der Waals surface area contributed by atoms with Crippen LogP contribution in [0.3, 0.4) is 0 Å². The highest BCUT2D eigenvalue weighted by Crippen LogP contribution is 2.39. The SMILES string of the molecule is Cc1ccc([C@H]2C[C@@H](c3cccs3)n3nc(N)nc3N2)cc1. The fraction of sp³-hybridized carbons (Fsp3) is 0.250. The highest BCUT2D eigenvalue weighted by Gasteiger charge is 2.31. The number of thiophene rings is 1. The summed E-state index contributed by atoms with van der Waals surface area (Å²) in [7, 11) is 0. The molecule has 0 unspecified atom stereocenters. The molecule has 0 aliphatic carbocycles. The summed E-state index contributed by atoms with van der Waals surface area (Å²) in [5, 5.41) is 9.91. The van der Waals surface area contributed by atoms with Gasteiger partial charge in [0.1, 0.15) is 0 Å². The second kappa shape index (κ2) is 5.14. The number of benzene rings is 1. The number of hydrogen-bond acceptors (Lipinski definition) is 5. The van der Waals surface area contributed by atoms with Crippen LogP contribution in [0.1, 0.15) is 34.5 Å². The second-order valence-corrected chi connectivity index (χ2v) is 6.59. The molecule has 1 aliphatic heterocycles. The number of nitrogens with one attached hydrogen (secondary N) is 1. The van der Waals surface area contributed by atoms with Gasteiger partial charge in [0.15, 0.2) is 0 Å². The molecule has 3 N–H and O–H groups in total. The first-order valence-electron chi connectivity index (χ1n) is 7.29. The Morgan fingerprint density at radius 1 is 1.27 bits per heavy atom. The van der Waals surface area contributed by atoms with Crippen LogP contribution in [0, 0.1) is 6.92 Å². The molecule has 1 aromatic carbocycles. The van der Waals surface area contributed by atoms with Crippen molar-refractivity contribution in [2.24, 2.45) is 0 Å². The van der Waals surface area contributed by atoms with Crippen molar-refractivity contribution in [1.82, 2.24) is 14.8 Å². The molecular weight excluding hydrogens is 294 g/mol. The van der Waals surface area contributed by atoms with Gasteiger partial charge >= 0.3 is 0 Å². The van der Waals surface area contributed by atoms with Crippen molar-refractivity contribution in [3.63, 3.8) is 0 Å². The van der Waals surface area contributed by atoms with Crippen molar-refractivity contribution in [1.29, 1.82) is 0 Å². The Kier molecular flexibility index (Phi) is 3.11. The van der Waals surface area contributed by atoms with Gasteiger partial charge in [-0.3, -0.25) is 0 Å². The Morgan fingerprint density at radius 3 is 2.82 bits per heavy atom. The van der Waals surface area contributed by atoms with E-state index in [0.717, 1.165) is 12.4 Å². The molecule has 3 aromatic rings. The molecule has 0 saturated carbocycles. The van der Waals surface area contributed by atoms with Gasteiger partial charge in [0, 0.05) is 4.88 Å². The van der Waals surface area contributed by atoms with E-state index in [1.165, 1.54) is 16.0 Å². The molecule has 6 heteroatoms. The van der Waals surface area contributed by atoms with Crippen LogP contribution < -0.4 is 11.1 Å². The zero-order valence-corrected chi connectivity index (χ0v) is 13.0. The van der Waals surface area contributed by atoms with Crippen LogP contribution in [0.5, 0.6) is 0 Å². The summed E-state index contributed by atoms with van der Waals surface area (Å²) >= 11 is 1.74. The minimum Gasteiger partial charge on any atom is -0.366 e. The lowest BCUT2D eigenvalue weighted by molar-refractivity contribution is 0.437. The Morgan fingerprint density at radius 2 is 2.09 bits per heavy atom. The predicted molar refractivity (Wildman–Crippen MR) is 89.1 cm³/mol. The maximum absolute atomic E-state index is 5.80. The molecule has 0 radical (unpaired) electrons. The fourth-order valence-corrected chi connectivity index (χ4v) is 3.75. The lowest BCUT2D eigenvalue weighted by Crippen LogP contribution is -2.27. The van der Waals surface area contributed by atoms with Gasteiger partial charge in [-0.1, -0.05) is 35.9 Å². The predicted octanol–water partition coefficient (Wildman–Crippen LogP) is 3.38. The Labute approximate surface area is 132 Å². The van der Waals surface area contributed by atoms with Gasteiger partial charge in [0.2, 0.25) is 11.9 Å². The van der Waals surface area contributed by atoms with Crippen LogP contribution in [0.25, 0.3) is 0 Å². The standard InChI is InChI=1S/C16H17N5S/c1-10-4-6-11(7-5-10)12-9-13(14-3-2-8-22-14)21-16(18-12)19-15(17)20-21/h2-8,12-13H,9H2,1H3,(H3,17,18,19,20)/t12-,13+/m1/s1. The van der Waals surface area contributed by atoms with Crippen molar-refractivity contribution in [3.05, 3.63) is 57.8 Å². The van der Waals surface area contributed by atoms with Crippen molar-refractivity contribution in [2.75, 3.05) is 11.1 Å². The molecule has 4 rings (SSSR count). The summed E-state index contributed by atoms with van der Waals surface area (Å²) in [6.45, 7) is 2.10. The first-order chi connectivity index (χ1) is 10.7. The van der Waals surface area contributed by atoms with Gasteiger partial charge in [-0.25, -0.2) is 4.68 Å². The molecule has 0 fully saturated rings. The molecule has 0 amide bonds. The van der Waals surface area contributed by atoms with E-state index in [1.807, 2.05) is 4.68 Å². The normalized spacial score (nSPS) is 20.4. The smallest absolute Gasteiger partial charge is 0.241 e. The number of aryl methyl sites for hydroxylation is 1. The highest BCUT2D eigenvalue weighted by molar-refractivity contribution is 7.10. The third-order valence-electron chi connectivity index (χ3n) is 4.06. The Bertz CT molecular complexity index is 775. The highest BCUT2D eigenvalue weighted by atomic mass is 32.1. The van der Waals surface area contributed by atoms with E-state index < -0.39 is 0 Å². The quantitative estimate of drug-likeness (QED) is 0.761. The summed E-state index contributed by atoms with van der Waals surface area (Å²) in [6, 6.07) is 13.2. The Balaban J connectivity index is 1.74. The maximum Gasteiger partial charge on any atom is 0.241 e. The third-order valence-corrected chi connectivity index (χ3v) is 5.03. The molecule has 2 atom stereocenters. The number of aromatic nitrogens is 3. The van der Waals surface area contributed by atoms with E-state index in [9.17, 15) is 0 Å². The monoisotopic (exact) mass is 311 g/mol. The minimum atomic E-state index is 0.173. The van der Waals surface area contributed by atoms with Crippen LogP contribution in [0.2, 0.25) is 0 Å². The van der Waals surface area contributed by atoms with E-state index >= 15 is 0 Å². The van der Waals surface area contributed by atoms with Crippen molar-refractivity contribution >= 4 is 23.2 Å². The molecule has 0 saturated heterocycles. The van der Waals surface area contributed by atoms with E-state index in [1.54, 1.807) is 11.3 Å². The number of nitrogen functional groups attached to an aromatic ring is 1. The summed E-state index contributed by atoms with van der Waals surface area (Å²) in [6.07, 6.45) is 0.930. The van der Waals surface area contributed by atoms with Crippen molar-refractivity contribution in [3.8, 4) is 0 Å². The van der Waals surface area contributed by atoms with Crippen LogP contribution >= 0.6 is 11.3 Å². The topological polar surface area (TPSA) is 68.8 Å². The first kappa shape index (κ1) is 13.3. The summed E-state index contributed by atoms with van der Waals surface area (Å²) in [5.74, 6) is 1.06. The lowest BCUT2D eigenvalue weighted by Gasteiger charge is -2.31. The zero-order chi connectivity index (χ0) is 15.1. The molecular formula is C16H17N5S. The number of fused-ring (bicyclic) bond motifs is 1. The molecule has 1 aliphatic rings. The van der Waals surface area contributed by atoms with Crippen LogP contribution in [0.15, 0.2) is 41.8 Å². The number of nitrogens with zero attached hydrogens (tertiary/aromatic N) is 3. The van der Waals surface area contributed by atoms with Crippen LogP contribution in [-0.2, 0) is 0 Å². The number of anilines is 2. The van der Waals surface area contributed by atoms with E-state index in [2.05, 4.69) is 64.1 Å². The molecule has 3 heterocycles. The summed E-state index contributed by atoms with van der Waals surface area (Å²) < 4.78 is 1.91. The van der Waals surface area contributed by atoms with Gasteiger partial charge in [-0.2, -0.15) is 4.98 Å². The Hall–Kier alpha value is -2.34. The zero-order valence-electron chi connectivity index (χ0n) is 12.2. The lowest BCUT2D eigenvalue weighted by atomic mass is 9.96. The van der Waals surface area contributed by atoms with Crippen molar-refractivity contribution in [2.45, 2.75) is 25.4 Å².